The van der Waals surface area contributed by atoms with E-state index in [0.29, 0.717) is 18.9 Å². The number of carbonyl (C=O) groups excluding carboxylic acids is 1. The normalized spacial score (nSPS) is 9.73. The molecule has 1 rings (SSSR count). The van der Waals surface area contributed by atoms with Gasteiger partial charge in [0.2, 0.25) is 5.91 Å². The van der Waals surface area contributed by atoms with Crippen LogP contribution >= 0.6 is 0 Å². The number of aliphatic hydroxyl groups excluding tert-OH is 1. The van der Waals surface area contributed by atoms with E-state index >= 15 is 0 Å². The lowest BCUT2D eigenvalue weighted by Gasteiger charge is -2.09. The van der Waals surface area contributed by atoms with E-state index in [1.165, 1.54) is 6.92 Å². The minimum atomic E-state index is -0.0750. The second-order valence-corrected chi connectivity index (χ2v) is 3.10. The molecule has 0 fully saturated rings. The number of hydrogen-bond acceptors (Lipinski definition) is 3. The summed E-state index contributed by atoms with van der Waals surface area (Å²) >= 11 is 0. The van der Waals surface area contributed by atoms with E-state index in [1.807, 2.05) is 12.1 Å². The van der Waals surface area contributed by atoms with Crippen molar-refractivity contribution < 1.29 is 14.6 Å². The second-order valence-electron chi connectivity index (χ2n) is 3.10. The Balaban J connectivity index is 2.39. The van der Waals surface area contributed by atoms with Crippen LogP contribution < -0.4 is 10.1 Å². The Kier molecular flexibility index (Phi) is 4.63. The van der Waals surface area contributed by atoms with Gasteiger partial charge in [0.15, 0.2) is 0 Å². The largest absolute Gasteiger partial charge is 0.491 e. The Bertz CT molecular complexity index is 325. The van der Waals surface area contributed by atoms with Crippen LogP contribution in [0, 0.1) is 0 Å². The average Bonchev–Trinajstić information content (AvgIpc) is 2.24. The maximum absolute atomic E-state index is 10.6. The van der Waals surface area contributed by atoms with E-state index in [9.17, 15) is 4.79 Å². The predicted molar refractivity (Wildman–Crippen MR) is 56.5 cm³/mol. The highest BCUT2D eigenvalue weighted by Gasteiger charge is 2.00. The first-order valence-corrected chi connectivity index (χ1v) is 4.80. The number of hydrogen-bond donors (Lipinski definition) is 2. The molecule has 15 heavy (non-hydrogen) atoms. The first kappa shape index (κ1) is 11.5. The molecule has 2 N–H and O–H groups in total. The third kappa shape index (κ3) is 3.99. The number of para-hydroxylation sites is 1. The predicted octanol–water partition coefficient (Wildman–Crippen LogP) is 0.694. The highest BCUT2D eigenvalue weighted by molar-refractivity contribution is 5.72. The lowest BCUT2D eigenvalue weighted by atomic mass is 10.2. The molecule has 0 atom stereocenters. The molecule has 1 aromatic carbocycles. The monoisotopic (exact) mass is 209 g/mol. The topological polar surface area (TPSA) is 58.6 Å². The Morgan fingerprint density at radius 3 is 2.87 bits per heavy atom. The number of ether oxygens (including phenoxy) is 1. The lowest BCUT2D eigenvalue weighted by Crippen LogP contribution is -2.25. The first-order chi connectivity index (χ1) is 7.24. The minimum Gasteiger partial charge on any atom is -0.491 e. The zero-order valence-corrected chi connectivity index (χ0v) is 8.69. The summed E-state index contributed by atoms with van der Waals surface area (Å²) in [6, 6.07) is 7.27. The van der Waals surface area contributed by atoms with Crippen LogP contribution in [0.15, 0.2) is 24.3 Å². The molecule has 0 aliphatic carbocycles. The molecule has 1 amide bonds. The third-order valence-electron chi connectivity index (χ3n) is 1.88. The van der Waals surface area contributed by atoms with Crippen molar-refractivity contribution in [2.24, 2.45) is 0 Å². The molecule has 0 spiro atoms. The van der Waals surface area contributed by atoms with Crippen molar-refractivity contribution in [3.63, 3.8) is 0 Å². The molecule has 0 heterocycles. The van der Waals surface area contributed by atoms with Crippen LogP contribution in [0.25, 0.3) is 0 Å². The molecule has 1 aromatic rings. The maximum atomic E-state index is 10.6. The maximum Gasteiger partial charge on any atom is 0.216 e. The molecule has 0 bridgehead atoms. The summed E-state index contributed by atoms with van der Waals surface area (Å²) in [6.45, 7) is 2.28. The van der Waals surface area contributed by atoms with Crippen LogP contribution in [0.4, 0.5) is 0 Å². The van der Waals surface area contributed by atoms with Gasteiger partial charge in [0.25, 0.3) is 0 Å². The van der Waals surface area contributed by atoms with Crippen molar-refractivity contribution >= 4 is 5.91 Å². The van der Waals surface area contributed by atoms with Gasteiger partial charge in [0, 0.05) is 12.5 Å². The van der Waals surface area contributed by atoms with Gasteiger partial charge in [-0.15, -0.1) is 0 Å². The zero-order valence-electron chi connectivity index (χ0n) is 8.69. The number of rotatable bonds is 5. The van der Waals surface area contributed by atoms with Crippen LogP contribution in [-0.2, 0) is 11.4 Å². The van der Waals surface area contributed by atoms with E-state index in [0.717, 1.165) is 5.56 Å². The lowest BCUT2D eigenvalue weighted by molar-refractivity contribution is -0.119. The van der Waals surface area contributed by atoms with E-state index in [-0.39, 0.29) is 12.5 Å². The molecule has 0 saturated heterocycles. The molecular formula is C11H15NO3. The summed E-state index contributed by atoms with van der Waals surface area (Å²) in [4.78, 5) is 10.6. The summed E-state index contributed by atoms with van der Waals surface area (Å²) in [5.41, 5.74) is 0.750. The SMILES string of the molecule is CC(=O)NCCOc1ccccc1CO. The highest BCUT2D eigenvalue weighted by atomic mass is 16.5. The average molecular weight is 209 g/mol. The Labute approximate surface area is 88.9 Å². The van der Waals surface area contributed by atoms with Crippen molar-refractivity contribution in [2.75, 3.05) is 13.2 Å². The fourth-order valence-electron chi connectivity index (χ4n) is 1.16. The molecule has 82 valence electrons. The molecule has 0 saturated carbocycles. The van der Waals surface area contributed by atoms with Crippen molar-refractivity contribution in [2.45, 2.75) is 13.5 Å². The summed E-state index contributed by atoms with van der Waals surface area (Å²) in [5, 5.41) is 11.6. The molecule has 0 aliphatic heterocycles. The fraction of sp³-hybridized carbons (Fsp3) is 0.364. The molecule has 0 radical (unpaired) electrons. The highest BCUT2D eigenvalue weighted by Crippen LogP contribution is 2.17. The van der Waals surface area contributed by atoms with Crippen molar-refractivity contribution in [1.29, 1.82) is 0 Å². The van der Waals surface area contributed by atoms with Crippen LogP contribution in [0.2, 0.25) is 0 Å². The van der Waals surface area contributed by atoms with Gasteiger partial charge in [-0.3, -0.25) is 4.79 Å². The molecule has 0 aromatic heterocycles. The van der Waals surface area contributed by atoms with E-state index in [1.54, 1.807) is 12.1 Å². The third-order valence-corrected chi connectivity index (χ3v) is 1.88. The molecular weight excluding hydrogens is 194 g/mol. The minimum absolute atomic E-state index is 0.0453. The first-order valence-electron chi connectivity index (χ1n) is 4.80. The van der Waals surface area contributed by atoms with Gasteiger partial charge in [-0.25, -0.2) is 0 Å². The number of benzene rings is 1. The van der Waals surface area contributed by atoms with Crippen LogP contribution in [-0.4, -0.2) is 24.2 Å². The Hall–Kier alpha value is -1.55. The molecule has 0 unspecified atom stereocenters. The summed E-state index contributed by atoms with van der Waals surface area (Å²) < 4.78 is 5.40. The van der Waals surface area contributed by atoms with Crippen molar-refractivity contribution in [3.8, 4) is 5.75 Å². The van der Waals surface area contributed by atoms with Crippen molar-refractivity contribution in [1.82, 2.24) is 5.32 Å². The van der Waals surface area contributed by atoms with Gasteiger partial charge >= 0.3 is 0 Å². The number of amides is 1. The standard InChI is InChI=1S/C11H15NO3/c1-9(14)12-6-7-15-11-5-3-2-4-10(11)8-13/h2-5,13H,6-8H2,1H3,(H,12,14). The number of aliphatic hydroxyl groups is 1. The zero-order chi connectivity index (χ0) is 11.1. The molecule has 0 aliphatic rings. The van der Waals surface area contributed by atoms with E-state index in [2.05, 4.69) is 5.32 Å². The van der Waals surface area contributed by atoms with Crippen LogP contribution in [0.3, 0.4) is 0 Å². The summed E-state index contributed by atoms with van der Waals surface area (Å²) in [5.74, 6) is 0.583. The van der Waals surface area contributed by atoms with Gasteiger partial charge in [-0.2, -0.15) is 0 Å². The Morgan fingerprint density at radius 1 is 1.47 bits per heavy atom. The fourth-order valence-corrected chi connectivity index (χ4v) is 1.16. The van der Waals surface area contributed by atoms with E-state index < -0.39 is 0 Å². The molecule has 4 nitrogen and oxygen atoms in total. The summed E-state index contributed by atoms with van der Waals surface area (Å²) in [7, 11) is 0. The quantitative estimate of drug-likeness (QED) is 0.701. The van der Waals surface area contributed by atoms with Crippen molar-refractivity contribution in [3.05, 3.63) is 29.8 Å². The van der Waals surface area contributed by atoms with Gasteiger partial charge in [0.1, 0.15) is 12.4 Å². The van der Waals surface area contributed by atoms with Crippen LogP contribution in [0.5, 0.6) is 5.75 Å². The van der Waals surface area contributed by atoms with E-state index in [4.69, 9.17) is 9.84 Å². The smallest absolute Gasteiger partial charge is 0.216 e. The van der Waals surface area contributed by atoms with Gasteiger partial charge in [0.05, 0.1) is 13.2 Å². The van der Waals surface area contributed by atoms with Gasteiger partial charge < -0.3 is 15.2 Å². The van der Waals surface area contributed by atoms with Gasteiger partial charge in [-0.1, -0.05) is 18.2 Å². The van der Waals surface area contributed by atoms with Crippen LogP contribution in [0.1, 0.15) is 12.5 Å². The number of nitrogens with one attached hydrogen (secondary N) is 1. The Morgan fingerprint density at radius 2 is 2.20 bits per heavy atom. The van der Waals surface area contributed by atoms with Gasteiger partial charge in [-0.05, 0) is 6.07 Å². The number of carbonyl (C=O) groups is 1. The summed E-state index contributed by atoms with van der Waals surface area (Å²) in [6.07, 6.45) is 0. The second kappa shape index (κ2) is 6.03. The molecule has 4 heteroatoms.